The lowest BCUT2D eigenvalue weighted by Gasteiger charge is -2.10. The third-order valence-corrected chi connectivity index (χ3v) is 4.10. The Morgan fingerprint density at radius 3 is 2.54 bits per heavy atom. The van der Waals surface area contributed by atoms with Gasteiger partial charge in [-0.2, -0.15) is 0 Å². The highest BCUT2D eigenvalue weighted by molar-refractivity contribution is 5.92. The molecule has 144 valence electrons. The van der Waals surface area contributed by atoms with Crippen LogP contribution < -0.4 is 10.6 Å². The molecule has 0 aliphatic carbocycles. The van der Waals surface area contributed by atoms with Crippen molar-refractivity contribution in [3.05, 3.63) is 88.9 Å². The molecule has 28 heavy (non-hydrogen) atoms. The minimum atomic E-state index is -0.355. The Morgan fingerprint density at radius 1 is 1.04 bits per heavy atom. The summed E-state index contributed by atoms with van der Waals surface area (Å²) in [5, 5.41) is 5.85. The van der Waals surface area contributed by atoms with Crippen LogP contribution in [0.5, 0.6) is 0 Å². The van der Waals surface area contributed by atoms with Crippen molar-refractivity contribution in [1.29, 1.82) is 0 Å². The van der Waals surface area contributed by atoms with Crippen LogP contribution in [0.25, 0.3) is 0 Å². The second kappa shape index (κ2) is 9.03. The second-order valence-electron chi connectivity index (χ2n) is 6.26. The fraction of sp³-hybridized carbons (Fsp3) is 0.190. The summed E-state index contributed by atoms with van der Waals surface area (Å²) in [6.45, 7) is 2.42. The summed E-state index contributed by atoms with van der Waals surface area (Å²) in [5.41, 5.74) is 1.65. The maximum Gasteiger partial charge on any atom is 0.270 e. The van der Waals surface area contributed by atoms with Crippen LogP contribution in [-0.4, -0.2) is 22.4 Å². The zero-order valence-electron chi connectivity index (χ0n) is 15.4. The van der Waals surface area contributed by atoms with E-state index in [4.69, 9.17) is 0 Å². The van der Waals surface area contributed by atoms with Gasteiger partial charge < -0.3 is 10.6 Å². The van der Waals surface area contributed by atoms with Crippen molar-refractivity contribution < 1.29 is 13.6 Å². The molecule has 0 saturated heterocycles. The molecule has 0 fully saturated rings. The van der Waals surface area contributed by atoms with Crippen molar-refractivity contribution in [1.82, 2.24) is 15.3 Å². The number of halogens is 2. The van der Waals surface area contributed by atoms with E-state index >= 15 is 0 Å². The number of aryl methyl sites for hydroxylation is 1. The topological polar surface area (TPSA) is 66.9 Å². The summed E-state index contributed by atoms with van der Waals surface area (Å²) in [5.74, 6) is 0.00370. The zero-order chi connectivity index (χ0) is 19.9. The van der Waals surface area contributed by atoms with Gasteiger partial charge in [-0.15, -0.1) is 0 Å². The van der Waals surface area contributed by atoms with Crippen molar-refractivity contribution >= 4 is 11.7 Å². The Morgan fingerprint density at radius 2 is 1.79 bits per heavy atom. The van der Waals surface area contributed by atoms with Gasteiger partial charge >= 0.3 is 0 Å². The third kappa shape index (κ3) is 5.33. The first-order chi connectivity index (χ1) is 13.5. The molecule has 2 N–H and O–H groups in total. The largest absolute Gasteiger partial charge is 0.366 e. The predicted octanol–water partition coefficient (Wildman–Crippen LogP) is 3.65. The SMILES string of the molecule is Cc1nc(NCc2ccc(F)cc2)cc(C(=O)NCCc2ccccc2F)n1. The van der Waals surface area contributed by atoms with Crippen molar-refractivity contribution in [3.8, 4) is 0 Å². The van der Waals surface area contributed by atoms with Crippen molar-refractivity contribution in [3.63, 3.8) is 0 Å². The molecule has 0 aliphatic heterocycles. The van der Waals surface area contributed by atoms with Crippen LogP contribution in [0.1, 0.15) is 27.4 Å². The fourth-order valence-electron chi connectivity index (χ4n) is 2.67. The highest BCUT2D eigenvalue weighted by Gasteiger charge is 2.11. The van der Waals surface area contributed by atoms with Crippen LogP contribution in [0.3, 0.4) is 0 Å². The molecule has 1 amide bonds. The lowest BCUT2D eigenvalue weighted by molar-refractivity contribution is 0.0948. The lowest BCUT2D eigenvalue weighted by Crippen LogP contribution is -2.27. The van der Waals surface area contributed by atoms with Crippen LogP contribution in [0.15, 0.2) is 54.6 Å². The Labute approximate surface area is 161 Å². The number of nitrogens with zero attached hydrogens (tertiary/aromatic N) is 2. The molecule has 1 aromatic heterocycles. The number of hydrogen-bond donors (Lipinski definition) is 2. The molecule has 0 radical (unpaired) electrons. The first-order valence-electron chi connectivity index (χ1n) is 8.87. The summed E-state index contributed by atoms with van der Waals surface area (Å²) in [6, 6.07) is 14.1. The first-order valence-corrected chi connectivity index (χ1v) is 8.87. The number of rotatable bonds is 7. The second-order valence-corrected chi connectivity index (χ2v) is 6.26. The lowest BCUT2D eigenvalue weighted by atomic mass is 10.1. The van der Waals surface area contributed by atoms with Crippen molar-refractivity contribution in [2.75, 3.05) is 11.9 Å². The van der Waals surface area contributed by atoms with Crippen LogP contribution in [0.4, 0.5) is 14.6 Å². The summed E-state index contributed by atoms with van der Waals surface area (Å²) in [4.78, 5) is 20.8. The van der Waals surface area contributed by atoms with Gasteiger partial charge in [-0.05, 0) is 42.7 Å². The van der Waals surface area contributed by atoms with Crippen molar-refractivity contribution in [2.45, 2.75) is 19.9 Å². The van der Waals surface area contributed by atoms with Gasteiger partial charge in [0.05, 0.1) is 0 Å². The molecule has 0 aliphatic rings. The van der Waals surface area contributed by atoms with E-state index in [0.717, 1.165) is 5.56 Å². The van der Waals surface area contributed by atoms with Gasteiger partial charge in [-0.1, -0.05) is 30.3 Å². The number of carbonyl (C=O) groups is 1. The average molecular weight is 382 g/mol. The van der Waals surface area contributed by atoms with Crippen LogP contribution in [0.2, 0.25) is 0 Å². The average Bonchev–Trinajstić information content (AvgIpc) is 2.68. The van der Waals surface area contributed by atoms with Crippen LogP contribution >= 0.6 is 0 Å². The van der Waals surface area contributed by atoms with E-state index in [-0.39, 0.29) is 23.2 Å². The van der Waals surface area contributed by atoms with E-state index < -0.39 is 0 Å². The number of amides is 1. The monoisotopic (exact) mass is 382 g/mol. The summed E-state index contributed by atoms with van der Waals surface area (Å²) in [7, 11) is 0. The minimum absolute atomic E-state index is 0.225. The molecular formula is C21H20F2N4O. The third-order valence-electron chi connectivity index (χ3n) is 4.10. The van der Waals surface area contributed by atoms with Gasteiger partial charge in [0.25, 0.3) is 5.91 Å². The molecule has 0 atom stereocenters. The van der Waals surface area contributed by atoms with Crippen LogP contribution in [0, 0.1) is 18.6 Å². The maximum absolute atomic E-state index is 13.6. The van der Waals surface area contributed by atoms with Gasteiger partial charge in [0, 0.05) is 19.2 Å². The Balaban J connectivity index is 1.59. The van der Waals surface area contributed by atoms with Gasteiger partial charge in [0.15, 0.2) is 0 Å². The summed E-state index contributed by atoms with van der Waals surface area (Å²) in [6.07, 6.45) is 0.387. The smallest absolute Gasteiger partial charge is 0.270 e. The van der Waals surface area contributed by atoms with Gasteiger partial charge in [-0.25, -0.2) is 18.7 Å². The molecule has 3 rings (SSSR count). The molecule has 0 unspecified atom stereocenters. The Hall–Kier alpha value is -3.35. The van der Waals surface area contributed by atoms with Crippen molar-refractivity contribution in [2.24, 2.45) is 0 Å². The molecule has 0 spiro atoms. The highest BCUT2D eigenvalue weighted by atomic mass is 19.1. The number of nitrogens with one attached hydrogen (secondary N) is 2. The molecule has 3 aromatic rings. The van der Waals surface area contributed by atoms with E-state index in [2.05, 4.69) is 20.6 Å². The number of anilines is 1. The minimum Gasteiger partial charge on any atom is -0.366 e. The maximum atomic E-state index is 13.6. The predicted molar refractivity (Wildman–Crippen MR) is 103 cm³/mol. The molecule has 2 aromatic carbocycles. The Bertz CT molecular complexity index is 961. The number of benzene rings is 2. The van der Waals surface area contributed by atoms with E-state index in [9.17, 15) is 13.6 Å². The number of aromatic nitrogens is 2. The highest BCUT2D eigenvalue weighted by Crippen LogP contribution is 2.11. The molecule has 0 bridgehead atoms. The van der Waals surface area contributed by atoms with E-state index in [1.165, 1.54) is 18.2 Å². The van der Waals surface area contributed by atoms with Gasteiger partial charge in [0.2, 0.25) is 0 Å². The molecule has 1 heterocycles. The van der Waals surface area contributed by atoms with E-state index in [1.54, 1.807) is 43.3 Å². The summed E-state index contributed by atoms with van der Waals surface area (Å²) < 4.78 is 26.6. The van der Waals surface area contributed by atoms with Crippen LogP contribution in [-0.2, 0) is 13.0 Å². The standard InChI is InChI=1S/C21H20F2N4O/c1-14-26-19(21(28)24-11-10-16-4-2-3-5-18(16)23)12-20(27-14)25-13-15-6-8-17(22)9-7-15/h2-9,12H,10-11,13H2,1H3,(H,24,28)(H,25,26,27). The Kier molecular flexibility index (Phi) is 6.26. The fourth-order valence-corrected chi connectivity index (χ4v) is 2.67. The molecular weight excluding hydrogens is 362 g/mol. The van der Waals surface area contributed by atoms with E-state index in [1.807, 2.05) is 0 Å². The normalized spacial score (nSPS) is 10.5. The summed E-state index contributed by atoms with van der Waals surface area (Å²) >= 11 is 0. The van der Waals surface area contributed by atoms with E-state index in [0.29, 0.717) is 36.7 Å². The van der Waals surface area contributed by atoms with Gasteiger partial charge in [-0.3, -0.25) is 4.79 Å². The van der Waals surface area contributed by atoms with Gasteiger partial charge in [0.1, 0.15) is 29.0 Å². The molecule has 5 nitrogen and oxygen atoms in total. The zero-order valence-corrected chi connectivity index (χ0v) is 15.4. The molecule has 7 heteroatoms. The number of carbonyl (C=O) groups excluding carboxylic acids is 1. The number of hydrogen-bond acceptors (Lipinski definition) is 4. The first kappa shape index (κ1) is 19.4. The molecule has 0 saturated carbocycles. The quantitative estimate of drug-likeness (QED) is 0.655.